The van der Waals surface area contributed by atoms with E-state index in [4.69, 9.17) is 0 Å². The molecule has 0 fully saturated rings. The molecule has 2 aromatic carbocycles. The first-order valence-corrected chi connectivity index (χ1v) is 7.07. The largest absolute Gasteiger partial charge is 0.0654 e. The summed E-state index contributed by atoms with van der Waals surface area (Å²) in [6.45, 7) is 2.26. The zero-order valence-electron chi connectivity index (χ0n) is 11.3. The minimum absolute atomic E-state index is 0.594. The van der Waals surface area contributed by atoms with Crippen LogP contribution >= 0.6 is 0 Å². The van der Waals surface area contributed by atoms with Crippen molar-refractivity contribution in [2.75, 3.05) is 0 Å². The Hall–Kier alpha value is -2.00. The molecule has 0 saturated carbocycles. The zero-order chi connectivity index (χ0) is 13.1. The maximum atomic E-state index is 3.36. The summed E-state index contributed by atoms with van der Waals surface area (Å²) in [5.74, 6) is 7.29. The fraction of sp³-hybridized carbons (Fsp3) is 0.263. The van der Waals surface area contributed by atoms with Gasteiger partial charge in [-0.05, 0) is 42.0 Å². The number of fused-ring (bicyclic) bond motifs is 2. The molecule has 0 N–H and O–H groups in total. The highest BCUT2D eigenvalue weighted by Crippen LogP contribution is 2.30. The van der Waals surface area contributed by atoms with Crippen molar-refractivity contribution in [1.82, 2.24) is 0 Å². The number of hydrogen-bond acceptors (Lipinski definition) is 0. The number of rotatable bonds is 2. The van der Waals surface area contributed by atoms with Crippen LogP contribution in [-0.2, 0) is 6.42 Å². The Labute approximate surface area is 115 Å². The highest BCUT2D eigenvalue weighted by molar-refractivity contribution is 5.52. The molecular formula is C19H18. The second-order valence-corrected chi connectivity index (χ2v) is 5.18. The van der Waals surface area contributed by atoms with Gasteiger partial charge in [-0.15, -0.1) is 0 Å². The molecule has 19 heavy (non-hydrogen) atoms. The molecule has 0 heterocycles. The SMILES string of the molecule is CCCC1Cc2ccccc2C#Cc2ccccc21. The van der Waals surface area contributed by atoms with E-state index in [9.17, 15) is 0 Å². The molecule has 0 amide bonds. The molecule has 94 valence electrons. The summed E-state index contributed by atoms with van der Waals surface area (Å²) < 4.78 is 0. The summed E-state index contributed by atoms with van der Waals surface area (Å²) in [6.07, 6.45) is 3.55. The monoisotopic (exact) mass is 246 g/mol. The summed E-state index contributed by atoms with van der Waals surface area (Å²) in [5.41, 5.74) is 5.21. The Morgan fingerprint density at radius 2 is 1.63 bits per heavy atom. The van der Waals surface area contributed by atoms with Crippen molar-refractivity contribution in [3.05, 3.63) is 70.8 Å². The number of hydrogen-bond donors (Lipinski definition) is 0. The van der Waals surface area contributed by atoms with E-state index >= 15 is 0 Å². The van der Waals surface area contributed by atoms with Gasteiger partial charge in [-0.1, -0.05) is 61.6 Å². The summed E-state index contributed by atoms with van der Waals surface area (Å²) in [4.78, 5) is 0. The van der Waals surface area contributed by atoms with Crippen LogP contribution in [0.5, 0.6) is 0 Å². The lowest BCUT2D eigenvalue weighted by molar-refractivity contribution is 0.608. The molecule has 0 aromatic heterocycles. The Balaban J connectivity index is 2.14. The van der Waals surface area contributed by atoms with Crippen LogP contribution in [0.25, 0.3) is 0 Å². The van der Waals surface area contributed by atoms with Crippen LogP contribution < -0.4 is 0 Å². The van der Waals surface area contributed by atoms with Crippen molar-refractivity contribution in [2.45, 2.75) is 32.1 Å². The van der Waals surface area contributed by atoms with Crippen molar-refractivity contribution in [1.29, 1.82) is 0 Å². The quantitative estimate of drug-likeness (QED) is 0.683. The summed E-state index contributed by atoms with van der Waals surface area (Å²) in [5, 5.41) is 0. The molecule has 0 nitrogen and oxygen atoms in total. The molecular weight excluding hydrogens is 228 g/mol. The molecule has 0 aliphatic heterocycles. The van der Waals surface area contributed by atoms with E-state index < -0.39 is 0 Å². The second kappa shape index (κ2) is 5.33. The fourth-order valence-electron chi connectivity index (χ4n) is 2.90. The van der Waals surface area contributed by atoms with Crippen molar-refractivity contribution in [2.24, 2.45) is 0 Å². The maximum absolute atomic E-state index is 3.36. The van der Waals surface area contributed by atoms with Crippen LogP contribution in [0.2, 0.25) is 0 Å². The predicted molar refractivity (Wildman–Crippen MR) is 80.2 cm³/mol. The van der Waals surface area contributed by atoms with Crippen molar-refractivity contribution >= 4 is 0 Å². The van der Waals surface area contributed by atoms with E-state index in [2.05, 4.69) is 67.3 Å². The van der Waals surface area contributed by atoms with Gasteiger partial charge in [-0.3, -0.25) is 0 Å². The van der Waals surface area contributed by atoms with Gasteiger partial charge >= 0.3 is 0 Å². The highest BCUT2D eigenvalue weighted by Gasteiger charge is 2.17. The van der Waals surface area contributed by atoms with Gasteiger partial charge in [-0.25, -0.2) is 0 Å². The van der Waals surface area contributed by atoms with Crippen molar-refractivity contribution < 1.29 is 0 Å². The second-order valence-electron chi connectivity index (χ2n) is 5.18. The third kappa shape index (κ3) is 2.42. The molecule has 0 spiro atoms. The van der Waals surface area contributed by atoms with Crippen LogP contribution in [0.1, 0.15) is 47.9 Å². The molecule has 1 aliphatic rings. The third-order valence-corrected chi connectivity index (χ3v) is 3.85. The topological polar surface area (TPSA) is 0 Å². The van der Waals surface area contributed by atoms with Gasteiger partial charge in [0.2, 0.25) is 0 Å². The van der Waals surface area contributed by atoms with E-state index in [1.807, 2.05) is 0 Å². The van der Waals surface area contributed by atoms with Crippen molar-refractivity contribution in [3.63, 3.8) is 0 Å². The fourth-order valence-corrected chi connectivity index (χ4v) is 2.90. The molecule has 2 aromatic rings. The lowest BCUT2D eigenvalue weighted by Gasteiger charge is -2.20. The normalized spacial score (nSPS) is 16.4. The van der Waals surface area contributed by atoms with Gasteiger partial charge in [0.05, 0.1) is 0 Å². The van der Waals surface area contributed by atoms with E-state index in [0.29, 0.717) is 5.92 Å². The smallest absolute Gasteiger partial charge is 0.0284 e. The van der Waals surface area contributed by atoms with Crippen LogP contribution in [0.15, 0.2) is 48.5 Å². The molecule has 1 aliphatic carbocycles. The third-order valence-electron chi connectivity index (χ3n) is 3.85. The molecule has 3 rings (SSSR count). The van der Waals surface area contributed by atoms with Crippen LogP contribution in [0.3, 0.4) is 0 Å². The van der Waals surface area contributed by atoms with E-state index in [1.54, 1.807) is 0 Å². The van der Waals surface area contributed by atoms with E-state index in [1.165, 1.54) is 35.1 Å². The first kappa shape index (κ1) is 12.1. The maximum Gasteiger partial charge on any atom is 0.0284 e. The molecule has 1 atom stereocenters. The Bertz CT molecular complexity index is 640. The first-order valence-electron chi connectivity index (χ1n) is 7.07. The Kier molecular flexibility index (Phi) is 3.38. The molecule has 0 heteroatoms. The van der Waals surface area contributed by atoms with Crippen LogP contribution in [0, 0.1) is 11.8 Å². The highest BCUT2D eigenvalue weighted by atomic mass is 14.2. The lowest BCUT2D eigenvalue weighted by atomic mass is 9.83. The Morgan fingerprint density at radius 3 is 2.47 bits per heavy atom. The summed E-state index contributed by atoms with van der Waals surface area (Å²) >= 11 is 0. The van der Waals surface area contributed by atoms with E-state index in [0.717, 1.165) is 6.42 Å². The average Bonchev–Trinajstić information content (AvgIpc) is 2.44. The first-order chi connectivity index (χ1) is 9.38. The predicted octanol–water partition coefficient (Wildman–Crippen LogP) is 4.53. The molecule has 0 bridgehead atoms. The zero-order valence-corrected chi connectivity index (χ0v) is 11.3. The van der Waals surface area contributed by atoms with Gasteiger partial charge in [0, 0.05) is 11.1 Å². The molecule has 0 saturated heterocycles. The van der Waals surface area contributed by atoms with Crippen LogP contribution in [-0.4, -0.2) is 0 Å². The molecule has 1 unspecified atom stereocenters. The van der Waals surface area contributed by atoms with Gasteiger partial charge < -0.3 is 0 Å². The Morgan fingerprint density at radius 1 is 0.947 bits per heavy atom. The lowest BCUT2D eigenvalue weighted by Crippen LogP contribution is -2.08. The van der Waals surface area contributed by atoms with Crippen molar-refractivity contribution in [3.8, 4) is 11.8 Å². The average molecular weight is 246 g/mol. The van der Waals surface area contributed by atoms with E-state index in [-0.39, 0.29) is 0 Å². The van der Waals surface area contributed by atoms with Crippen LogP contribution in [0.4, 0.5) is 0 Å². The summed E-state index contributed by atoms with van der Waals surface area (Å²) in [7, 11) is 0. The van der Waals surface area contributed by atoms with Gasteiger partial charge in [0.25, 0.3) is 0 Å². The minimum Gasteiger partial charge on any atom is -0.0654 e. The molecule has 0 radical (unpaired) electrons. The van der Waals surface area contributed by atoms with Gasteiger partial charge in [0.15, 0.2) is 0 Å². The standard InChI is InChI=1S/C19H18/c1-2-7-18-14-17-10-4-3-8-15(17)12-13-16-9-5-6-11-19(16)18/h3-6,8-11,18H,2,7,14H2,1H3. The van der Waals surface area contributed by atoms with Gasteiger partial charge in [-0.2, -0.15) is 0 Å². The summed E-state index contributed by atoms with van der Waals surface area (Å²) in [6, 6.07) is 17.2. The van der Waals surface area contributed by atoms with Gasteiger partial charge in [0.1, 0.15) is 0 Å². The number of benzene rings is 2. The minimum atomic E-state index is 0.594.